The highest BCUT2D eigenvalue weighted by Gasteiger charge is 2.18. The van der Waals surface area contributed by atoms with Crippen molar-refractivity contribution >= 4 is 11.6 Å². The topological polar surface area (TPSA) is 75.5 Å². The predicted molar refractivity (Wildman–Crippen MR) is 89.6 cm³/mol. The number of nitrogens with one attached hydrogen (secondary N) is 1. The fourth-order valence-corrected chi connectivity index (χ4v) is 2.95. The van der Waals surface area contributed by atoms with Gasteiger partial charge in [0.25, 0.3) is 11.6 Å². The minimum atomic E-state index is -0.455. The molecule has 1 amide bonds. The molecule has 1 fully saturated rings. The Morgan fingerprint density at radius 3 is 2.74 bits per heavy atom. The first-order chi connectivity index (χ1) is 11.0. The van der Waals surface area contributed by atoms with Crippen LogP contribution in [0.5, 0.6) is 0 Å². The van der Waals surface area contributed by atoms with Crippen LogP contribution in [0.3, 0.4) is 0 Å². The summed E-state index contributed by atoms with van der Waals surface area (Å²) in [7, 11) is 0. The van der Waals surface area contributed by atoms with E-state index in [4.69, 9.17) is 0 Å². The fourth-order valence-electron chi connectivity index (χ4n) is 2.95. The van der Waals surface area contributed by atoms with Crippen molar-refractivity contribution in [2.75, 3.05) is 26.2 Å². The van der Waals surface area contributed by atoms with Gasteiger partial charge in [-0.1, -0.05) is 13.0 Å². The summed E-state index contributed by atoms with van der Waals surface area (Å²) in [4.78, 5) is 25.1. The molecule has 2 rings (SSSR count). The zero-order valence-corrected chi connectivity index (χ0v) is 13.9. The summed E-state index contributed by atoms with van der Waals surface area (Å²) < 4.78 is 0. The van der Waals surface area contributed by atoms with E-state index in [1.165, 1.54) is 18.9 Å². The zero-order chi connectivity index (χ0) is 16.8. The molecule has 0 aromatic heterocycles. The van der Waals surface area contributed by atoms with Crippen molar-refractivity contribution in [3.63, 3.8) is 0 Å². The summed E-state index contributed by atoms with van der Waals surface area (Å²) >= 11 is 0. The van der Waals surface area contributed by atoms with E-state index in [0.717, 1.165) is 32.0 Å². The first-order valence-corrected chi connectivity index (χ1v) is 8.23. The van der Waals surface area contributed by atoms with Gasteiger partial charge in [0.2, 0.25) is 0 Å². The van der Waals surface area contributed by atoms with Crippen LogP contribution in [0.2, 0.25) is 0 Å². The number of rotatable bonds is 6. The molecule has 6 heteroatoms. The number of amides is 1. The number of piperidine rings is 1. The summed E-state index contributed by atoms with van der Waals surface area (Å²) in [6.45, 7) is 7.76. The summed E-state index contributed by atoms with van der Waals surface area (Å²) in [6.07, 6.45) is 3.40. The van der Waals surface area contributed by atoms with Gasteiger partial charge in [0, 0.05) is 23.7 Å². The minimum absolute atomic E-state index is 0.0138. The Morgan fingerprint density at radius 2 is 2.09 bits per heavy atom. The van der Waals surface area contributed by atoms with Crippen LogP contribution in [0.1, 0.15) is 42.1 Å². The van der Waals surface area contributed by atoms with E-state index in [-0.39, 0.29) is 11.6 Å². The molecule has 0 spiro atoms. The number of likely N-dealkylation sites (tertiary alicyclic amines) is 1. The highest BCUT2D eigenvalue weighted by Crippen LogP contribution is 2.21. The number of hydrogen-bond acceptors (Lipinski definition) is 4. The Labute approximate surface area is 137 Å². The van der Waals surface area contributed by atoms with Gasteiger partial charge in [0.15, 0.2) is 0 Å². The van der Waals surface area contributed by atoms with E-state index < -0.39 is 4.92 Å². The third-order valence-corrected chi connectivity index (χ3v) is 4.56. The number of nitro benzene ring substituents is 1. The standard InChI is InChI=1S/C17H25N3O3/c1-13-7-11-19(12-8-13)10-4-9-18-17(21)15-5-3-6-16(14(15)2)20(22)23/h3,5-6,13H,4,7-12H2,1-2H3,(H,18,21). The van der Waals surface area contributed by atoms with Gasteiger partial charge in [-0.15, -0.1) is 0 Å². The van der Waals surface area contributed by atoms with Crippen molar-refractivity contribution in [2.45, 2.75) is 33.1 Å². The molecule has 126 valence electrons. The van der Waals surface area contributed by atoms with Crippen LogP contribution in [0.15, 0.2) is 18.2 Å². The quantitative estimate of drug-likeness (QED) is 0.497. The van der Waals surface area contributed by atoms with E-state index in [1.54, 1.807) is 19.1 Å². The lowest BCUT2D eigenvalue weighted by Gasteiger charge is -2.30. The summed E-state index contributed by atoms with van der Waals surface area (Å²) in [5.41, 5.74) is 0.783. The number of nitro groups is 1. The SMILES string of the molecule is Cc1c(C(=O)NCCCN2CCC(C)CC2)cccc1[N+](=O)[O-]. The molecule has 1 aromatic rings. The van der Waals surface area contributed by atoms with Gasteiger partial charge in [-0.2, -0.15) is 0 Å². The van der Waals surface area contributed by atoms with Crippen LogP contribution in [0.4, 0.5) is 5.69 Å². The maximum Gasteiger partial charge on any atom is 0.273 e. The van der Waals surface area contributed by atoms with E-state index >= 15 is 0 Å². The lowest BCUT2D eigenvalue weighted by molar-refractivity contribution is -0.385. The van der Waals surface area contributed by atoms with Gasteiger partial charge in [0.1, 0.15) is 0 Å². The van der Waals surface area contributed by atoms with Crippen molar-refractivity contribution in [3.8, 4) is 0 Å². The monoisotopic (exact) mass is 319 g/mol. The Balaban J connectivity index is 1.79. The van der Waals surface area contributed by atoms with Crippen LogP contribution in [0, 0.1) is 23.0 Å². The van der Waals surface area contributed by atoms with Crippen molar-refractivity contribution in [1.29, 1.82) is 0 Å². The van der Waals surface area contributed by atoms with Crippen LogP contribution in [-0.2, 0) is 0 Å². The summed E-state index contributed by atoms with van der Waals surface area (Å²) in [5, 5.41) is 13.8. The van der Waals surface area contributed by atoms with Crippen LogP contribution < -0.4 is 5.32 Å². The third kappa shape index (κ3) is 4.76. The Morgan fingerprint density at radius 1 is 1.39 bits per heavy atom. The average Bonchev–Trinajstić information content (AvgIpc) is 2.53. The number of benzene rings is 1. The maximum atomic E-state index is 12.2. The molecule has 0 aliphatic carbocycles. The molecule has 1 N–H and O–H groups in total. The highest BCUT2D eigenvalue weighted by molar-refractivity contribution is 5.96. The van der Waals surface area contributed by atoms with E-state index in [9.17, 15) is 14.9 Å². The molecular formula is C17H25N3O3. The molecule has 1 aliphatic rings. The van der Waals surface area contributed by atoms with Gasteiger partial charge in [-0.25, -0.2) is 0 Å². The molecule has 1 heterocycles. The second-order valence-electron chi connectivity index (χ2n) is 6.34. The predicted octanol–water partition coefficient (Wildman–Crippen LogP) is 2.76. The molecule has 23 heavy (non-hydrogen) atoms. The molecule has 0 radical (unpaired) electrons. The molecule has 0 unspecified atom stereocenters. The van der Waals surface area contributed by atoms with E-state index in [0.29, 0.717) is 17.7 Å². The van der Waals surface area contributed by atoms with Crippen molar-refractivity contribution in [2.24, 2.45) is 5.92 Å². The number of nitrogens with zero attached hydrogens (tertiary/aromatic N) is 2. The van der Waals surface area contributed by atoms with E-state index in [1.807, 2.05) is 0 Å². The molecule has 0 atom stereocenters. The van der Waals surface area contributed by atoms with Gasteiger partial charge >= 0.3 is 0 Å². The van der Waals surface area contributed by atoms with Crippen molar-refractivity contribution in [3.05, 3.63) is 39.4 Å². The first-order valence-electron chi connectivity index (χ1n) is 8.23. The largest absolute Gasteiger partial charge is 0.352 e. The summed E-state index contributed by atoms with van der Waals surface area (Å²) in [6, 6.07) is 4.60. The fraction of sp³-hybridized carbons (Fsp3) is 0.588. The maximum absolute atomic E-state index is 12.2. The van der Waals surface area contributed by atoms with Crippen LogP contribution in [0.25, 0.3) is 0 Å². The molecule has 6 nitrogen and oxygen atoms in total. The molecule has 0 bridgehead atoms. The highest BCUT2D eigenvalue weighted by atomic mass is 16.6. The van der Waals surface area contributed by atoms with Crippen LogP contribution in [-0.4, -0.2) is 41.9 Å². The average molecular weight is 319 g/mol. The lowest BCUT2D eigenvalue weighted by Crippen LogP contribution is -2.35. The van der Waals surface area contributed by atoms with Gasteiger partial charge in [-0.05, 0) is 57.8 Å². The van der Waals surface area contributed by atoms with Gasteiger partial charge in [0.05, 0.1) is 4.92 Å². The number of hydrogen-bond donors (Lipinski definition) is 1. The van der Waals surface area contributed by atoms with Crippen LogP contribution >= 0.6 is 0 Å². The van der Waals surface area contributed by atoms with Gasteiger partial charge < -0.3 is 10.2 Å². The number of carbonyl (C=O) groups is 1. The Hall–Kier alpha value is -1.95. The molecule has 0 saturated carbocycles. The van der Waals surface area contributed by atoms with Gasteiger partial charge in [-0.3, -0.25) is 14.9 Å². The Bertz CT molecular complexity index is 566. The normalized spacial score (nSPS) is 16.3. The molecule has 1 aromatic carbocycles. The van der Waals surface area contributed by atoms with E-state index in [2.05, 4.69) is 17.1 Å². The number of carbonyl (C=O) groups excluding carboxylic acids is 1. The second kappa shape index (κ2) is 8.06. The zero-order valence-electron chi connectivity index (χ0n) is 13.9. The second-order valence-corrected chi connectivity index (χ2v) is 6.34. The van der Waals surface area contributed by atoms with Crippen molar-refractivity contribution < 1.29 is 9.72 Å². The lowest BCUT2D eigenvalue weighted by atomic mass is 9.99. The Kier molecular flexibility index (Phi) is 6.10. The molecule has 1 saturated heterocycles. The van der Waals surface area contributed by atoms with Crippen molar-refractivity contribution in [1.82, 2.24) is 10.2 Å². The first kappa shape index (κ1) is 17.4. The molecular weight excluding hydrogens is 294 g/mol. The smallest absolute Gasteiger partial charge is 0.273 e. The third-order valence-electron chi connectivity index (χ3n) is 4.56. The minimum Gasteiger partial charge on any atom is -0.352 e. The molecule has 1 aliphatic heterocycles. The summed E-state index contributed by atoms with van der Waals surface area (Å²) in [5.74, 6) is 0.585.